The minimum atomic E-state index is -3.91. The van der Waals surface area contributed by atoms with E-state index in [-0.39, 0.29) is 34.5 Å². The Bertz CT molecular complexity index is 1080. The molecule has 0 saturated carbocycles. The molecule has 0 spiro atoms. The van der Waals surface area contributed by atoms with Gasteiger partial charge in [-0.1, -0.05) is 30.3 Å². The Morgan fingerprint density at radius 3 is 2.17 bits per heavy atom. The molecule has 2 aromatic rings. The first-order valence-electron chi connectivity index (χ1n) is 9.00. The molecule has 8 nitrogen and oxygen atoms in total. The minimum Gasteiger partial charge on any atom is -0.465 e. The second-order valence-electron chi connectivity index (χ2n) is 6.60. The van der Waals surface area contributed by atoms with Gasteiger partial charge < -0.3 is 4.74 Å². The highest BCUT2D eigenvalue weighted by Crippen LogP contribution is 2.25. The molecule has 156 valence electrons. The van der Waals surface area contributed by atoms with Gasteiger partial charge in [0.1, 0.15) is 0 Å². The maximum absolute atomic E-state index is 13.0. The van der Waals surface area contributed by atoms with Gasteiger partial charge >= 0.3 is 5.97 Å². The summed E-state index contributed by atoms with van der Waals surface area (Å²) in [6, 6.07) is 13.5. The highest BCUT2D eigenvalue weighted by Gasteiger charge is 2.33. The molecule has 0 aromatic heterocycles. The van der Waals surface area contributed by atoms with Crippen molar-refractivity contribution in [2.24, 2.45) is 0 Å². The highest BCUT2D eigenvalue weighted by atomic mass is 32.2. The molecule has 0 bridgehead atoms. The number of hydrogen-bond acceptors (Lipinski definition) is 6. The fourth-order valence-electron chi connectivity index (χ4n) is 3.21. The molecule has 0 atom stereocenters. The molecule has 2 aromatic carbocycles. The Morgan fingerprint density at radius 1 is 0.966 bits per heavy atom. The molecule has 1 saturated heterocycles. The van der Waals surface area contributed by atoms with Crippen LogP contribution in [0.1, 0.15) is 23.2 Å². The molecule has 0 unspecified atom stereocenters. The summed E-state index contributed by atoms with van der Waals surface area (Å²) in [5, 5.41) is 0. The lowest BCUT2D eigenvalue weighted by atomic mass is 10.1. The van der Waals surface area contributed by atoms with Crippen LogP contribution in [0.2, 0.25) is 0 Å². The molecule has 1 N–H and O–H groups in total. The number of piperidine rings is 1. The average molecular weight is 439 g/mol. The Morgan fingerprint density at radius 2 is 1.55 bits per heavy atom. The van der Waals surface area contributed by atoms with Gasteiger partial charge in [0.15, 0.2) is 0 Å². The zero-order chi connectivity index (χ0) is 21.1. The Balaban J connectivity index is 1.72. The smallest absolute Gasteiger partial charge is 0.339 e. The number of sulfonamides is 2. The summed E-state index contributed by atoms with van der Waals surface area (Å²) in [6.07, 6.45) is 0.650. The summed E-state index contributed by atoms with van der Waals surface area (Å²) in [6.45, 7) is 0.277. The maximum Gasteiger partial charge on any atom is 0.339 e. The quantitative estimate of drug-likeness (QED) is 0.686. The van der Waals surface area contributed by atoms with Crippen molar-refractivity contribution in [3.8, 4) is 0 Å². The van der Waals surface area contributed by atoms with Crippen LogP contribution in [0.3, 0.4) is 0 Å². The van der Waals surface area contributed by atoms with E-state index in [1.807, 2.05) is 0 Å². The standard InChI is InChI=1S/C19H22N2O6S2/c1-27-19(22)17-9-5-6-10-18(17)29(25,26)21-13-11-15(12-14-21)20-28(23,24)16-7-3-2-4-8-16/h2-10,15,20H,11-14H2,1H3. The van der Waals surface area contributed by atoms with Gasteiger partial charge in [0.2, 0.25) is 20.0 Å². The van der Waals surface area contributed by atoms with Crippen LogP contribution in [0.25, 0.3) is 0 Å². The number of hydrogen-bond donors (Lipinski definition) is 1. The van der Waals surface area contributed by atoms with Gasteiger partial charge in [-0.3, -0.25) is 0 Å². The van der Waals surface area contributed by atoms with E-state index in [9.17, 15) is 21.6 Å². The molecule has 0 amide bonds. The largest absolute Gasteiger partial charge is 0.465 e. The predicted octanol–water partition coefficient (Wildman–Crippen LogP) is 1.60. The molecule has 3 rings (SSSR count). The van der Waals surface area contributed by atoms with Gasteiger partial charge in [0, 0.05) is 19.1 Å². The van der Waals surface area contributed by atoms with Crippen LogP contribution < -0.4 is 4.72 Å². The van der Waals surface area contributed by atoms with Crippen LogP contribution in [0, 0.1) is 0 Å². The van der Waals surface area contributed by atoms with E-state index in [4.69, 9.17) is 0 Å². The topological polar surface area (TPSA) is 110 Å². The zero-order valence-corrected chi connectivity index (χ0v) is 17.4. The van der Waals surface area contributed by atoms with Crippen molar-refractivity contribution in [1.29, 1.82) is 0 Å². The third-order valence-electron chi connectivity index (χ3n) is 4.74. The fourth-order valence-corrected chi connectivity index (χ4v) is 6.19. The van der Waals surface area contributed by atoms with E-state index in [0.29, 0.717) is 12.8 Å². The first-order chi connectivity index (χ1) is 13.8. The summed E-state index contributed by atoms with van der Waals surface area (Å²) < 4.78 is 59.5. The molecule has 1 fully saturated rings. The van der Waals surface area contributed by atoms with Crippen LogP contribution in [0.5, 0.6) is 0 Å². The third-order valence-corrected chi connectivity index (χ3v) is 8.23. The van der Waals surface area contributed by atoms with E-state index in [0.717, 1.165) is 0 Å². The monoisotopic (exact) mass is 438 g/mol. The molecular weight excluding hydrogens is 416 g/mol. The fraction of sp³-hybridized carbons (Fsp3) is 0.316. The maximum atomic E-state index is 13.0. The summed E-state index contributed by atoms with van der Waals surface area (Å²) >= 11 is 0. The Labute approximate surface area is 170 Å². The molecule has 1 aliphatic heterocycles. The van der Waals surface area contributed by atoms with Gasteiger partial charge in [0.25, 0.3) is 0 Å². The van der Waals surface area contributed by atoms with Crippen molar-refractivity contribution >= 4 is 26.0 Å². The van der Waals surface area contributed by atoms with E-state index in [2.05, 4.69) is 9.46 Å². The minimum absolute atomic E-state index is 0.0260. The van der Waals surface area contributed by atoms with Gasteiger partial charge in [0.05, 0.1) is 22.5 Å². The summed E-state index contributed by atoms with van der Waals surface area (Å²) in [4.78, 5) is 12.0. The summed E-state index contributed by atoms with van der Waals surface area (Å²) in [7, 11) is -6.39. The van der Waals surface area contributed by atoms with Crippen LogP contribution in [0.15, 0.2) is 64.4 Å². The molecular formula is C19H22N2O6S2. The van der Waals surface area contributed by atoms with Gasteiger partial charge in [-0.05, 0) is 37.1 Å². The van der Waals surface area contributed by atoms with E-state index >= 15 is 0 Å². The van der Waals surface area contributed by atoms with Crippen LogP contribution in [0.4, 0.5) is 0 Å². The van der Waals surface area contributed by atoms with Crippen molar-refractivity contribution < 1.29 is 26.4 Å². The zero-order valence-electron chi connectivity index (χ0n) is 15.8. The molecule has 0 aliphatic carbocycles. The van der Waals surface area contributed by atoms with Crippen molar-refractivity contribution in [1.82, 2.24) is 9.03 Å². The second-order valence-corrected chi connectivity index (χ2v) is 10.2. The van der Waals surface area contributed by atoms with Crippen LogP contribution in [-0.2, 0) is 24.8 Å². The number of carbonyl (C=O) groups is 1. The van der Waals surface area contributed by atoms with Crippen LogP contribution in [-0.4, -0.2) is 53.4 Å². The molecule has 1 aliphatic rings. The number of methoxy groups -OCH3 is 1. The Kier molecular flexibility index (Phi) is 6.37. The second kappa shape index (κ2) is 8.62. The Hall–Kier alpha value is -2.27. The van der Waals surface area contributed by atoms with Gasteiger partial charge in [-0.2, -0.15) is 4.31 Å². The molecule has 1 heterocycles. The lowest BCUT2D eigenvalue weighted by Crippen LogP contribution is -2.46. The first kappa shape index (κ1) is 21.4. The summed E-state index contributed by atoms with van der Waals surface area (Å²) in [5.41, 5.74) is -0.0260. The molecule has 0 radical (unpaired) electrons. The first-order valence-corrected chi connectivity index (χ1v) is 11.9. The third kappa shape index (κ3) is 4.67. The molecule has 10 heteroatoms. The van der Waals surface area contributed by atoms with E-state index in [1.165, 1.54) is 35.7 Å². The van der Waals surface area contributed by atoms with Crippen molar-refractivity contribution in [3.63, 3.8) is 0 Å². The lowest BCUT2D eigenvalue weighted by Gasteiger charge is -2.31. The highest BCUT2D eigenvalue weighted by molar-refractivity contribution is 7.89. The number of rotatable bonds is 6. The van der Waals surface area contributed by atoms with Crippen LogP contribution >= 0.6 is 0 Å². The van der Waals surface area contributed by atoms with Gasteiger partial charge in [-0.25, -0.2) is 26.4 Å². The number of nitrogens with one attached hydrogen (secondary N) is 1. The SMILES string of the molecule is COC(=O)c1ccccc1S(=O)(=O)N1CCC(NS(=O)(=O)c2ccccc2)CC1. The summed E-state index contributed by atoms with van der Waals surface area (Å²) in [5.74, 6) is -0.727. The number of carbonyl (C=O) groups excluding carboxylic acids is 1. The lowest BCUT2D eigenvalue weighted by molar-refractivity contribution is 0.0596. The van der Waals surface area contributed by atoms with Crippen molar-refractivity contribution in [2.45, 2.75) is 28.7 Å². The average Bonchev–Trinajstić information content (AvgIpc) is 2.74. The number of esters is 1. The molecule has 29 heavy (non-hydrogen) atoms. The number of ether oxygens (including phenoxy) is 1. The van der Waals surface area contributed by atoms with Crippen molar-refractivity contribution in [2.75, 3.05) is 20.2 Å². The normalized spacial score (nSPS) is 16.4. The van der Waals surface area contributed by atoms with Crippen molar-refractivity contribution in [3.05, 3.63) is 60.2 Å². The number of nitrogens with zero attached hydrogens (tertiary/aromatic N) is 1. The van der Waals surface area contributed by atoms with E-state index < -0.39 is 26.0 Å². The predicted molar refractivity (Wildman–Crippen MR) is 106 cm³/mol. The van der Waals surface area contributed by atoms with E-state index in [1.54, 1.807) is 30.3 Å². The van der Waals surface area contributed by atoms with Gasteiger partial charge in [-0.15, -0.1) is 0 Å². The number of benzene rings is 2.